The zero-order chi connectivity index (χ0) is 18.6. The molecular weight excluding hydrogens is 366 g/mol. The van der Waals surface area contributed by atoms with Crippen LogP contribution in [0.1, 0.15) is 16.8 Å². The minimum absolute atomic E-state index is 0.0928. The molecule has 0 bridgehead atoms. The second-order valence-corrected chi connectivity index (χ2v) is 8.42. The van der Waals surface area contributed by atoms with Crippen molar-refractivity contribution >= 4 is 21.4 Å². The Hall–Kier alpha value is -2.53. The van der Waals surface area contributed by atoms with E-state index in [1.54, 1.807) is 23.5 Å². The van der Waals surface area contributed by atoms with Crippen LogP contribution < -0.4 is 4.72 Å². The number of hydrogen-bond acceptors (Lipinski definition) is 5. The van der Waals surface area contributed by atoms with Gasteiger partial charge >= 0.3 is 0 Å². The highest BCUT2D eigenvalue weighted by Gasteiger charge is 2.14. The lowest BCUT2D eigenvalue weighted by Crippen LogP contribution is -2.26. The molecule has 0 amide bonds. The molecular formula is C19H17N3O2S2. The van der Waals surface area contributed by atoms with Crippen molar-refractivity contribution in [2.45, 2.75) is 18.2 Å². The summed E-state index contributed by atoms with van der Waals surface area (Å²) in [7, 11) is -3.64. The van der Waals surface area contributed by atoms with E-state index >= 15 is 0 Å². The van der Waals surface area contributed by atoms with E-state index in [4.69, 9.17) is 5.26 Å². The fraction of sp³-hybridized carbons (Fsp3) is 0.158. The molecule has 132 valence electrons. The first-order valence-electron chi connectivity index (χ1n) is 7.99. The Kier molecular flexibility index (Phi) is 5.47. The molecule has 0 radical (unpaired) electrons. The van der Waals surface area contributed by atoms with Crippen molar-refractivity contribution in [3.05, 3.63) is 70.7 Å². The van der Waals surface area contributed by atoms with Crippen molar-refractivity contribution in [3.8, 4) is 16.6 Å². The molecule has 0 aliphatic rings. The Morgan fingerprint density at radius 1 is 1.19 bits per heavy atom. The molecule has 0 atom stereocenters. The third-order valence-corrected chi connectivity index (χ3v) is 6.20. The molecule has 1 heterocycles. The minimum atomic E-state index is -3.64. The molecule has 0 aliphatic heterocycles. The molecule has 1 N–H and O–H groups in total. The van der Waals surface area contributed by atoms with Crippen molar-refractivity contribution < 1.29 is 8.42 Å². The summed E-state index contributed by atoms with van der Waals surface area (Å²) in [5, 5.41) is 11.8. The van der Waals surface area contributed by atoms with Gasteiger partial charge in [-0.3, -0.25) is 0 Å². The number of aryl methyl sites for hydroxylation is 1. The van der Waals surface area contributed by atoms with Crippen molar-refractivity contribution in [1.29, 1.82) is 5.26 Å². The first-order valence-corrected chi connectivity index (χ1v) is 10.4. The van der Waals surface area contributed by atoms with Crippen molar-refractivity contribution in [2.24, 2.45) is 0 Å². The number of nitrogens with zero attached hydrogens (tertiary/aromatic N) is 2. The zero-order valence-electron chi connectivity index (χ0n) is 14.1. The smallest absolute Gasteiger partial charge is 0.240 e. The van der Waals surface area contributed by atoms with Gasteiger partial charge in [-0.1, -0.05) is 35.9 Å². The summed E-state index contributed by atoms with van der Waals surface area (Å²) in [5.41, 5.74) is 3.41. The van der Waals surface area contributed by atoms with Crippen LogP contribution >= 0.6 is 11.3 Å². The molecule has 5 nitrogen and oxygen atoms in total. The van der Waals surface area contributed by atoms with Crippen LogP contribution in [0.25, 0.3) is 10.6 Å². The van der Waals surface area contributed by atoms with Gasteiger partial charge in [-0.05, 0) is 25.1 Å². The Labute approximate surface area is 157 Å². The summed E-state index contributed by atoms with van der Waals surface area (Å²) >= 11 is 1.54. The summed E-state index contributed by atoms with van der Waals surface area (Å²) in [5.74, 6) is 0. The van der Waals surface area contributed by atoms with E-state index in [9.17, 15) is 8.42 Å². The maximum atomic E-state index is 12.3. The van der Waals surface area contributed by atoms with Crippen molar-refractivity contribution in [3.63, 3.8) is 0 Å². The van der Waals surface area contributed by atoms with Crippen LogP contribution in [-0.4, -0.2) is 19.9 Å². The topological polar surface area (TPSA) is 82.8 Å². The Morgan fingerprint density at radius 3 is 2.69 bits per heavy atom. The van der Waals surface area contributed by atoms with Crippen LogP contribution in [0.15, 0.2) is 58.8 Å². The number of nitriles is 1. The molecule has 26 heavy (non-hydrogen) atoms. The van der Waals surface area contributed by atoms with E-state index in [-0.39, 0.29) is 11.4 Å². The number of sulfonamides is 1. The average molecular weight is 383 g/mol. The fourth-order valence-corrected chi connectivity index (χ4v) is 4.32. The maximum Gasteiger partial charge on any atom is 0.240 e. The van der Waals surface area contributed by atoms with Gasteiger partial charge in [0, 0.05) is 23.9 Å². The summed E-state index contributed by atoms with van der Waals surface area (Å²) in [6.07, 6.45) is 0.500. The Balaban J connectivity index is 1.63. The molecule has 0 fully saturated rings. The van der Waals surface area contributed by atoms with Gasteiger partial charge in [-0.25, -0.2) is 18.1 Å². The van der Waals surface area contributed by atoms with Crippen LogP contribution in [0.5, 0.6) is 0 Å². The zero-order valence-corrected chi connectivity index (χ0v) is 15.8. The third-order valence-electron chi connectivity index (χ3n) is 3.80. The first-order chi connectivity index (χ1) is 12.5. The van der Waals surface area contributed by atoms with E-state index in [0.29, 0.717) is 12.0 Å². The van der Waals surface area contributed by atoms with E-state index in [2.05, 4.69) is 9.71 Å². The maximum absolute atomic E-state index is 12.3. The minimum Gasteiger partial charge on any atom is -0.241 e. The Bertz CT molecular complexity index is 1050. The number of thiazole rings is 1. The first kappa shape index (κ1) is 18.3. The van der Waals surface area contributed by atoms with E-state index in [1.165, 1.54) is 17.7 Å². The number of hydrogen-bond donors (Lipinski definition) is 1. The van der Waals surface area contributed by atoms with Crippen LogP contribution in [0.4, 0.5) is 0 Å². The average Bonchev–Trinajstić information content (AvgIpc) is 3.11. The van der Waals surface area contributed by atoms with Gasteiger partial charge in [0.25, 0.3) is 0 Å². The highest BCUT2D eigenvalue weighted by molar-refractivity contribution is 7.89. The molecule has 3 rings (SSSR count). The summed E-state index contributed by atoms with van der Waals surface area (Å²) in [6, 6.07) is 16.0. The summed E-state index contributed by atoms with van der Waals surface area (Å²) in [4.78, 5) is 4.66. The largest absolute Gasteiger partial charge is 0.241 e. The second-order valence-electron chi connectivity index (χ2n) is 5.80. The third kappa shape index (κ3) is 4.35. The summed E-state index contributed by atoms with van der Waals surface area (Å²) < 4.78 is 27.2. The lowest BCUT2D eigenvalue weighted by molar-refractivity contribution is 0.581. The van der Waals surface area contributed by atoms with Gasteiger partial charge in [-0.15, -0.1) is 11.3 Å². The molecule has 3 aromatic rings. The van der Waals surface area contributed by atoms with E-state index < -0.39 is 10.0 Å². The van der Waals surface area contributed by atoms with Gasteiger partial charge in [0.15, 0.2) is 0 Å². The predicted molar refractivity (Wildman–Crippen MR) is 102 cm³/mol. The van der Waals surface area contributed by atoms with Crippen LogP contribution in [0.3, 0.4) is 0 Å². The number of rotatable bonds is 6. The number of benzene rings is 2. The standard InChI is InChI=1S/C19H17N3O2S2/c1-14-5-7-16(8-6-14)19-22-17(13-25-19)9-10-21-26(23,24)18-4-2-3-15(11-18)12-20/h2-8,11,13,21H,9-10H2,1H3. The molecule has 1 aromatic heterocycles. The second kappa shape index (κ2) is 7.79. The normalized spacial score (nSPS) is 11.2. The quantitative estimate of drug-likeness (QED) is 0.706. The highest BCUT2D eigenvalue weighted by atomic mass is 32.2. The number of nitrogens with one attached hydrogen (secondary N) is 1. The van der Waals surface area contributed by atoms with E-state index in [0.717, 1.165) is 16.3 Å². The van der Waals surface area contributed by atoms with Crippen LogP contribution in [0.2, 0.25) is 0 Å². The molecule has 2 aromatic carbocycles. The number of aromatic nitrogens is 1. The van der Waals surface area contributed by atoms with Gasteiger partial charge in [0.2, 0.25) is 10.0 Å². The fourth-order valence-electron chi connectivity index (χ4n) is 2.38. The monoisotopic (exact) mass is 383 g/mol. The lowest BCUT2D eigenvalue weighted by atomic mass is 10.2. The van der Waals surface area contributed by atoms with Crippen LogP contribution in [0, 0.1) is 18.3 Å². The van der Waals surface area contributed by atoms with Gasteiger partial charge in [-0.2, -0.15) is 5.26 Å². The van der Waals surface area contributed by atoms with Crippen molar-refractivity contribution in [2.75, 3.05) is 6.54 Å². The molecule has 0 unspecified atom stereocenters. The van der Waals surface area contributed by atoms with Gasteiger partial charge in [0.05, 0.1) is 22.2 Å². The molecule has 0 saturated carbocycles. The Morgan fingerprint density at radius 2 is 1.96 bits per heavy atom. The lowest BCUT2D eigenvalue weighted by Gasteiger charge is -2.06. The van der Waals surface area contributed by atoms with Crippen molar-refractivity contribution in [1.82, 2.24) is 9.71 Å². The molecule has 0 saturated heterocycles. The predicted octanol–water partition coefficient (Wildman–Crippen LogP) is 3.51. The molecule has 0 spiro atoms. The molecule has 0 aliphatic carbocycles. The highest BCUT2D eigenvalue weighted by Crippen LogP contribution is 2.24. The molecule has 7 heteroatoms. The SMILES string of the molecule is Cc1ccc(-c2nc(CCNS(=O)(=O)c3cccc(C#N)c3)cs2)cc1. The van der Waals surface area contributed by atoms with Gasteiger partial charge in [0.1, 0.15) is 5.01 Å². The van der Waals surface area contributed by atoms with Gasteiger partial charge < -0.3 is 0 Å². The van der Waals surface area contributed by atoms with E-state index in [1.807, 2.05) is 42.6 Å². The van der Waals surface area contributed by atoms with Crippen LogP contribution in [-0.2, 0) is 16.4 Å². The summed E-state index contributed by atoms with van der Waals surface area (Å²) in [6.45, 7) is 2.28.